The van der Waals surface area contributed by atoms with Crippen LogP contribution in [0.5, 0.6) is 0 Å². The molecule has 0 aliphatic carbocycles. The molecule has 1 aromatic heterocycles. The molecular formula is C13H19N3. The summed E-state index contributed by atoms with van der Waals surface area (Å²) >= 11 is 0. The van der Waals surface area contributed by atoms with Crippen LogP contribution in [0.15, 0.2) is 18.2 Å². The molecule has 0 atom stereocenters. The maximum atomic E-state index is 5.96. The minimum absolute atomic E-state index is 0.424. The molecule has 86 valence electrons. The average Bonchev–Trinajstić information content (AvgIpc) is 2.58. The van der Waals surface area contributed by atoms with Crippen molar-refractivity contribution in [3.63, 3.8) is 0 Å². The predicted molar refractivity (Wildman–Crippen MR) is 68.5 cm³/mol. The zero-order valence-corrected chi connectivity index (χ0v) is 10.2. The van der Waals surface area contributed by atoms with Crippen LogP contribution in [-0.4, -0.2) is 9.55 Å². The number of anilines is 1. The van der Waals surface area contributed by atoms with E-state index < -0.39 is 0 Å². The first kappa shape index (κ1) is 11.0. The summed E-state index contributed by atoms with van der Waals surface area (Å²) in [5.41, 5.74) is 8.83. The van der Waals surface area contributed by atoms with Crippen molar-refractivity contribution in [2.24, 2.45) is 0 Å². The van der Waals surface area contributed by atoms with Crippen molar-refractivity contribution in [3.8, 4) is 0 Å². The van der Waals surface area contributed by atoms with E-state index >= 15 is 0 Å². The van der Waals surface area contributed by atoms with Crippen molar-refractivity contribution in [2.45, 2.75) is 39.7 Å². The Labute approximate surface area is 96.3 Å². The number of benzene rings is 1. The fraction of sp³-hybridized carbons (Fsp3) is 0.462. The topological polar surface area (TPSA) is 43.8 Å². The number of fused-ring (bicyclic) bond motifs is 1. The summed E-state index contributed by atoms with van der Waals surface area (Å²) in [5.74, 6) is 1.14. The summed E-state index contributed by atoms with van der Waals surface area (Å²) in [6, 6.07) is 6.43. The molecule has 0 saturated carbocycles. The Morgan fingerprint density at radius 3 is 2.75 bits per heavy atom. The number of aryl methyl sites for hydroxylation is 1. The molecule has 0 aliphatic rings. The molecule has 0 bridgehead atoms. The van der Waals surface area contributed by atoms with Gasteiger partial charge in [0.2, 0.25) is 0 Å². The second-order valence-corrected chi connectivity index (χ2v) is 4.46. The largest absolute Gasteiger partial charge is 0.397 e. The minimum atomic E-state index is 0.424. The van der Waals surface area contributed by atoms with Crippen LogP contribution in [-0.2, 0) is 6.42 Å². The maximum absolute atomic E-state index is 5.96. The highest BCUT2D eigenvalue weighted by molar-refractivity contribution is 5.87. The van der Waals surface area contributed by atoms with Gasteiger partial charge in [-0.15, -0.1) is 0 Å². The Kier molecular flexibility index (Phi) is 2.86. The lowest BCUT2D eigenvalue weighted by molar-refractivity contribution is 0.580. The van der Waals surface area contributed by atoms with E-state index in [2.05, 4.69) is 36.4 Å². The van der Waals surface area contributed by atoms with Gasteiger partial charge in [0.1, 0.15) is 11.3 Å². The van der Waals surface area contributed by atoms with Crippen LogP contribution in [0.3, 0.4) is 0 Å². The highest BCUT2D eigenvalue weighted by Crippen LogP contribution is 2.25. The number of rotatable bonds is 3. The molecule has 3 nitrogen and oxygen atoms in total. The molecule has 0 saturated heterocycles. The predicted octanol–water partition coefficient (Wildman–Crippen LogP) is 3.15. The lowest BCUT2D eigenvalue weighted by atomic mass is 10.2. The number of nitrogens with zero attached hydrogens (tertiary/aromatic N) is 2. The summed E-state index contributed by atoms with van der Waals surface area (Å²) in [6.45, 7) is 6.54. The molecule has 2 N–H and O–H groups in total. The van der Waals surface area contributed by atoms with Crippen LogP contribution in [0.4, 0.5) is 5.69 Å². The number of imidazole rings is 1. The number of aromatic nitrogens is 2. The summed E-state index contributed by atoms with van der Waals surface area (Å²) in [7, 11) is 0. The molecule has 3 heteroatoms. The number of hydrogen-bond acceptors (Lipinski definition) is 2. The molecule has 0 amide bonds. The quantitative estimate of drug-likeness (QED) is 0.803. The van der Waals surface area contributed by atoms with Gasteiger partial charge in [-0.2, -0.15) is 0 Å². The Hall–Kier alpha value is -1.51. The van der Waals surface area contributed by atoms with E-state index in [-0.39, 0.29) is 0 Å². The molecule has 0 fully saturated rings. The average molecular weight is 217 g/mol. The van der Waals surface area contributed by atoms with E-state index in [1.165, 1.54) is 0 Å². The van der Waals surface area contributed by atoms with E-state index in [0.29, 0.717) is 6.04 Å². The maximum Gasteiger partial charge on any atom is 0.112 e. The smallest absolute Gasteiger partial charge is 0.112 e. The fourth-order valence-corrected chi connectivity index (χ4v) is 2.16. The fourth-order valence-electron chi connectivity index (χ4n) is 2.16. The molecule has 0 spiro atoms. The van der Waals surface area contributed by atoms with E-state index in [4.69, 9.17) is 5.73 Å². The lowest BCUT2D eigenvalue weighted by Gasteiger charge is -2.12. The van der Waals surface area contributed by atoms with Gasteiger partial charge in [0, 0.05) is 12.5 Å². The van der Waals surface area contributed by atoms with Crippen molar-refractivity contribution >= 4 is 16.7 Å². The third kappa shape index (κ3) is 1.66. The molecule has 1 heterocycles. The molecular weight excluding hydrogens is 198 g/mol. The molecule has 2 aromatic rings. The molecule has 2 rings (SSSR count). The van der Waals surface area contributed by atoms with Gasteiger partial charge in [-0.25, -0.2) is 4.98 Å². The Bertz CT molecular complexity index is 497. The van der Waals surface area contributed by atoms with Crippen LogP contribution < -0.4 is 5.73 Å². The standard InChI is InChI=1S/C13H19N3/c1-4-6-12-15-13-10(14)7-5-8-11(13)16(12)9(2)3/h5,7-9H,4,6,14H2,1-3H3. The second kappa shape index (κ2) is 4.16. The Morgan fingerprint density at radius 1 is 1.38 bits per heavy atom. The van der Waals surface area contributed by atoms with Crippen LogP contribution in [0.25, 0.3) is 11.0 Å². The minimum Gasteiger partial charge on any atom is -0.397 e. The third-order valence-corrected chi connectivity index (χ3v) is 2.81. The van der Waals surface area contributed by atoms with Crippen molar-refractivity contribution in [2.75, 3.05) is 5.73 Å². The molecule has 1 aromatic carbocycles. The van der Waals surface area contributed by atoms with Gasteiger partial charge in [0.25, 0.3) is 0 Å². The highest BCUT2D eigenvalue weighted by Gasteiger charge is 2.13. The monoisotopic (exact) mass is 217 g/mol. The summed E-state index contributed by atoms with van der Waals surface area (Å²) in [4.78, 5) is 4.66. The van der Waals surface area contributed by atoms with Crippen LogP contribution in [0.1, 0.15) is 39.1 Å². The van der Waals surface area contributed by atoms with Gasteiger partial charge < -0.3 is 10.3 Å². The van der Waals surface area contributed by atoms with E-state index in [9.17, 15) is 0 Å². The van der Waals surface area contributed by atoms with Crippen molar-refractivity contribution in [1.29, 1.82) is 0 Å². The molecule has 0 unspecified atom stereocenters. The number of nitrogens with two attached hydrogens (primary N) is 1. The first-order chi connectivity index (χ1) is 7.65. The van der Waals surface area contributed by atoms with E-state index in [1.807, 2.05) is 12.1 Å². The highest BCUT2D eigenvalue weighted by atomic mass is 15.1. The number of nitrogen functional groups attached to an aromatic ring is 1. The Morgan fingerprint density at radius 2 is 2.12 bits per heavy atom. The van der Waals surface area contributed by atoms with Gasteiger partial charge in [0.05, 0.1) is 11.2 Å². The Balaban J connectivity index is 2.70. The van der Waals surface area contributed by atoms with Gasteiger partial charge in [-0.3, -0.25) is 0 Å². The normalized spacial score (nSPS) is 11.5. The molecule has 0 aliphatic heterocycles. The van der Waals surface area contributed by atoms with Gasteiger partial charge in [-0.1, -0.05) is 13.0 Å². The lowest BCUT2D eigenvalue weighted by Crippen LogP contribution is -2.05. The van der Waals surface area contributed by atoms with Gasteiger partial charge in [-0.05, 0) is 32.4 Å². The molecule has 16 heavy (non-hydrogen) atoms. The van der Waals surface area contributed by atoms with E-state index in [0.717, 1.165) is 35.4 Å². The van der Waals surface area contributed by atoms with Crippen molar-refractivity contribution in [1.82, 2.24) is 9.55 Å². The summed E-state index contributed by atoms with van der Waals surface area (Å²) in [6.07, 6.45) is 2.11. The van der Waals surface area contributed by atoms with Gasteiger partial charge in [0.15, 0.2) is 0 Å². The SMILES string of the molecule is CCCc1nc2c(N)cccc2n1C(C)C. The number of para-hydroxylation sites is 1. The van der Waals surface area contributed by atoms with Crippen LogP contribution in [0.2, 0.25) is 0 Å². The number of hydrogen-bond donors (Lipinski definition) is 1. The zero-order chi connectivity index (χ0) is 11.7. The second-order valence-electron chi connectivity index (χ2n) is 4.46. The van der Waals surface area contributed by atoms with Gasteiger partial charge >= 0.3 is 0 Å². The van der Waals surface area contributed by atoms with Crippen molar-refractivity contribution < 1.29 is 0 Å². The molecule has 0 radical (unpaired) electrons. The van der Waals surface area contributed by atoms with Crippen LogP contribution in [0, 0.1) is 0 Å². The van der Waals surface area contributed by atoms with Crippen molar-refractivity contribution in [3.05, 3.63) is 24.0 Å². The van der Waals surface area contributed by atoms with E-state index in [1.54, 1.807) is 0 Å². The summed E-state index contributed by atoms with van der Waals surface area (Å²) in [5, 5.41) is 0. The first-order valence-corrected chi connectivity index (χ1v) is 5.90. The van der Waals surface area contributed by atoms with Crippen LogP contribution >= 0.6 is 0 Å². The zero-order valence-electron chi connectivity index (χ0n) is 10.2. The summed E-state index contributed by atoms with van der Waals surface area (Å²) < 4.78 is 2.29. The first-order valence-electron chi connectivity index (χ1n) is 5.90. The third-order valence-electron chi connectivity index (χ3n) is 2.81.